The number of phenols is 2. The molecule has 17 heavy (non-hydrogen) atoms. The number of phenolic OH excluding ortho intramolecular Hbond substituents is 2. The molecule has 90 valence electrons. The van der Waals surface area contributed by atoms with Crippen molar-refractivity contribution in [3.8, 4) is 11.5 Å². The molecule has 0 amide bonds. The van der Waals surface area contributed by atoms with Crippen molar-refractivity contribution in [2.75, 3.05) is 0 Å². The van der Waals surface area contributed by atoms with Crippen LogP contribution in [0, 0.1) is 0 Å². The summed E-state index contributed by atoms with van der Waals surface area (Å²) in [5.41, 5.74) is 0.348. The summed E-state index contributed by atoms with van der Waals surface area (Å²) in [7, 11) is 0. The molecule has 0 fully saturated rings. The molecule has 3 nitrogen and oxygen atoms in total. The third-order valence-corrected chi connectivity index (χ3v) is 2.21. The molecule has 0 saturated heterocycles. The zero-order valence-electron chi connectivity index (χ0n) is 9.76. The molecule has 0 spiro atoms. The van der Waals surface area contributed by atoms with Crippen molar-refractivity contribution in [2.24, 2.45) is 0 Å². The summed E-state index contributed by atoms with van der Waals surface area (Å²) in [6.45, 7) is 2.08. The number of ketones is 1. The van der Waals surface area contributed by atoms with Gasteiger partial charge < -0.3 is 10.2 Å². The molecule has 0 aromatic heterocycles. The first kappa shape index (κ1) is 13.0. The topological polar surface area (TPSA) is 57.5 Å². The third kappa shape index (κ3) is 4.15. The molecular weight excluding hydrogens is 216 g/mol. The van der Waals surface area contributed by atoms with Crippen molar-refractivity contribution in [1.29, 1.82) is 0 Å². The Morgan fingerprint density at radius 3 is 2.65 bits per heavy atom. The van der Waals surface area contributed by atoms with Gasteiger partial charge in [-0.3, -0.25) is 4.79 Å². The fraction of sp³-hybridized carbons (Fsp3) is 0.214. The highest BCUT2D eigenvalue weighted by Gasteiger charge is 2.05. The fourth-order valence-electron chi connectivity index (χ4n) is 1.26. The van der Waals surface area contributed by atoms with E-state index in [9.17, 15) is 9.90 Å². The molecular formula is C14H16O3. The van der Waals surface area contributed by atoms with Crippen LogP contribution in [0.15, 0.2) is 42.5 Å². The van der Waals surface area contributed by atoms with Crippen molar-refractivity contribution in [1.82, 2.24) is 0 Å². The van der Waals surface area contributed by atoms with Gasteiger partial charge in [-0.05, 0) is 30.7 Å². The Kier molecular flexibility index (Phi) is 5.01. The van der Waals surface area contributed by atoms with E-state index < -0.39 is 0 Å². The van der Waals surface area contributed by atoms with Gasteiger partial charge in [0.1, 0.15) is 0 Å². The minimum atomic E-state index is -0.286. The zero-order valence-corrected chi connectivity index (χ0v) is 9.76. The van der Waals surface area contributed by atoms with Crippen molar-refractivity contribution in [3.05, 3.63) is 48.1 Å². The maximum atomic E-state index is 11.6. The lowest BCUT2D eigenvalue weighted by Gasteiger charge is -1.99. The highest BCUT2D eigenvalue weighted by Crippen LogP contribution is 2.25. The van der Waals surface area contributed by atoms with Crippen LogP contribution in [0.3, 0.4) is 0 Å². The molecule has 0 heterocycles. The first-order valence-corrected chi connectivity index (χ1v) is 5.54. The van der Waals surface area contributed by atoms with Crippen molar-refractivity contribution in [2.45, 2.75) is 19.8 Å². The van der Waals surface area contributed by atoms with E-state index in [4.69, 9.17) is 5.11 Å². The summed E-state index contributed by atoms with van der Waals surface area (Å²) in [5.74, 6) is -0.722. The summed E-state index contributed by atoms with van der Waals surface area (Å²) in [6, 6.07) is 4.01. The lowest BCUT2D eigenvalue weighted by atomic mass is 10.1. The summed E-state index contributed by atoms with van der Waals surface area (Å²) in [5, 5.41) is 18.4. The zero-order chi connectivity index (χ0) is 12.7. The van der Waals surface area contributed by atoms with E-state index in [2.05, 4.69) is 6.92 Å². The number of carbonyl (C=O) groups excluding carboxylic acids is 1. The van der Waals surface area contributed by atoms with E-state index in [0.717, 1.165) is 12.8 Å². The number of rotatable bonds is 5. The molecule has 1 aromatic rings. The Morgan fingerprint density at radius 1 is 1.24 bits per heavy atom. The van der Waals surface area contributed by atoms with Crippen LogP contribution >= 0.6 is 0 Å². The van der Waals surface area contributed by atoms with E-state index in [1.165, 1.54) is 24.3 Å². The van der Waals surface area contributed by atoms with E-state index >= 15 is 0 Å². The van der Waals surface area contributed by atoms with Gasteiger partial charge in [-0.1, -0.05) is 31.6 Å². The quantitative estimate of drug-likeness (QED) is 0.355. The normalized spacial score (nSPS) is 11.4. The molecule has 1 aromatic carbocycles. The van der Waals surface area contributed by atoms with Gasteiger partial charge in [-0.25, -0.2) is 0 Å². The van der Waals surface area contributed by atoms with Crippen molar-refractivity contribution >= 4 is 5.78 Å². The third-order valence-electron chi connectivity index (χ3n) is 2.21. The lowest BCUT2D eigenvalue weighted by Crippen LogP contribution is -1.93. The molecule has 2 N–H and O–H groups in total. The fourth-order valence-corrected chi connectivity index (χ4v) is 1.26. The van der Waals surface area contributed by atoms with E-state index in [0.29, 0.717) is 5.56 Å². The minimum Gasteiger partial charge on any atom is -0.504 e. The number of hydrogen-bond acceptors (Lipinski definition) is 3. The molecule has 0 aliphatic rings. The van der Waals surface area contributed by atoms with Crippen LogP contribution < -0.4 is 0 Å². The van der Waals surface area contributed by atoms with Crippen LogP contribution in [0.1, 0.15) is 30.1 Å². The Bertz CT molecular complexity index is 445. The van der Waals surface area contributed by atoms with Crippen LogP contribution in [0.5, 0.6) is 11.5 Å². The number of carbonyl (C=O) groups is 1. The van der Waals surface area contributed by atoms with E-state index in [-0.39, 0.29) is 17.3 Å². The van der Waals surface area contributed by atoms with Crippen molar-refractivity contribution in [3.63, 3.8) is 0 Å². The summed E-state index contributed by atoms with van der Waals surface area (Å²) >= 11 is 0. The second kappa shape index (κ2) is 6.53. The van der Waals surface area contributed by atoms with Crippen LogP contribution in [0.4, 0.5) is 0 Å². The predicted molar refractivity (Wildman–Crippen MR) is 67.3 cm³/mol. The number of hydrogen-bond donors (Lipinski definition) is 2. The maximum absolute atomic E-state index is 11.6. The molecule has 0 unspecified atom stereocenters. The number of aromatic hydroxyl groups is 2. The van der Waals surface area contributed by atoms with Gasteiger partial charge in [-0.2, -0.15) is 0 Å². The SMILES string of the molecule is CCCC=CC=CC(=O)c1ccc(O)c(O)c1. The molecule has 0 radical (unpaired) electrons. The van der Waals surface area contributed by atoms with Gasteiger partial charge in [0.05, 0.1) is 0 Å². The number of unbranched alkanes of at least 4 members (excludes halogenated alkanes) is 1. The Hall–Kier alpha value is -2.03. The Balaban J connectivity index is 2.67. The van der Waals surface area contributed by atoms with Gasteiger partial charge in [0, 0.05) is 5.56 Å². The number of benzene rings is 1. The van der Waals surface area contributed by atoms with E-state index in [1.807, 2.05) is 12.2 Å². The average molecular weight is 232 g/mol. The van der Waals surface area contributed by atoms with Gasteiger partial charge in [0.25, 0.3) is 0 Å². The van der Waals surface area contributed by atoms with Crippen LogP contribution in [-0.2, 0) is 0 Å². The Morgan fingerprint density at radius 2 is 2.00 bits per heavy atom. The van der Waals surface area contributed by atoms with E-state index in [1.54, 1.807) is 6.08 Å². The largest absolute Gasteiger partial charge is 0.504 e. The van der Waals surface area contributed by atoms with Gasteiger partial charge in [0.15, 0.2) is 17.3 Å². The first-order chi connectivity index (χ1) is 8.15. The standard InChI is InChI=1S/C14H16O3/c1-2-3-4-5-6-7-12(15)11-8-9-13(16)14(17)10-11/h4-10,16-17H,2-3H2,1H3. The summed E-state index contributed by atoms with van der Waals surface area (Å²) < 4.78 is 0. The lowest BCUT2D eigenvalue weighted by molar-refractivity contribution is 0.104. The van der Waals surface area contributed by atoms with Gasteiger partial charge in [0.2, 0.25) is 0 Å². The summed E-state index contributed by atoms with van der Waals surface area (Å²) in [4.78, 5) is 11.6. The molecule has 0 aliphatic carbocycles. The van der Waals surface area contributed by atoms with Gasteiger partial charge >= 0.3 is 0 Å². The molecule has 0 saturated carbocycles. The van der Waals surface area contributed by atoms with Crippen molar-refractivity contribution < 1.29 is 15.0 Å². The molecule has 0 aliphatic heterocycles. The second-order valence-electron chi connectivity index (χ2n) is 3.64. The van der Waals surface area contributed by atoms with Crippen LogP contribution in [-0.4, -0.2) is 16.0 Å². The Labute approximate surface area is 101 Å². The molecule has 3 heteroatoms. The minimum absolute atomic E-state index is 0.207. The molecule has 1 rings (SSSR count). The predicted octanol–water partition coefficient (Wildman–Crippen LogP) is 3.19. The number of allylic oxidation sites excluding steroid dienone is 4. The highest BCUT2D eigenvalue weighted by molar-refractivity contribution is 6.05. The molecule has 0 atom stereocenters. The van der Waals surface area contributed by atoms with Crippen LogP contribution in [0.2, 0.25) is 0 Å². The highest BCUT2D eigenvalue weighted by atomic mass is 16.3. The van der Waals surface area contributed by atoms with Gasteiger partial charge in [-0.15, -0.1) is 0 Å². The molecule has 0 bridgehead atoms. The second-order valence-corrected chi connectivity index (χ2v) is 3.64. The maximum Gasteiger partial charge on any atom is 0.185 e. The van der Waals surface area contributed by atoms with Crippen LogP contribution in [0.25, 0.3) is 0 Å². The monoisotopic (exact) mass is 232 g/mol. The first-order valence-electron chi connectivity index (χ1n) is 5.54. The summed E-state index contributed by atoms with van der Waals surface area (Å²) in [6.07, 6.45) is 8.96. The average Bonchev–Trinajstić information content (AvgIpc) is 2.32. The smallest absolute Gasteiger partial charge is 0.185 e.